The Balaban J connectivity index is 1.92. The molecule has 0 aliphatic heterocycles. The summed E-state index contributed by atoms with van der Waals surface area (Å²) in [4.78, 5) is 10.6. The Morgan fingerprint density at radius 3 is 2.52 bits per heavy atom. The minimum atomic E-state index is -0.768. The SMILES string of the molecule is CC(C)(C)C1CCC(c2nnnn2CCCC(=O)O)CC1. The molecule has 2 rings (SSSR count). The number of aryl methyl sites for hydroxylation is 1. The van der Waals surface area contributed by atoms with Gasteiger partial charge in [-0.25, -0.2) is 4.68 Å². The second kappa shape index (κ2) is 6.54. The van der Waals surface area contributed by atoms with Gasteiger partial charge in [0.15, 0.2) is 5.82 Å². The third kappa shape index (κ3) is 4.25. The van der Waals surface area contributed by atoms with Gasteiger partial charge in [-0.3, -0.25) is 4.79 Å². The van der Waals surface area contributed by atoms with Crippen LogP contribution >= 0.6 is 0 Å². The summed E-state index contributed by atoms with van der Waals surface area (Å²) >= 11 is 0. The zero-order valence-corrected chi connectivity index (χ0v) is 13.2. The van der Waals surface area contributed by atoms with E-state index in [9.17, 15) is 4.79 Å². The Bertz CT molecular complexity index is 470. The first-order valence-corrected chi connectivity index (χ1v) is 7.86. The lowest BCUT2D eigenvalue weighted by atomic mass is 9.70. The van der Waals surface area contributed by atoms with Crippen molar-refractivity contribution >= 4 is 5.97 Å². The zero-order chi connectivity index (χ0) is 15.5. The van der Waals surface area contributed by atoms with Gasteiger partial charge in [0.1, 0.15) is 0 Å². The summed E-state index contributed by atoms with van der Waals surface area (Å²) in [5.74, 6) is 1.36. The van der Waals surface area contributed by atoms with Crippen molar-refractivity contribution in [3.8, 4) is 0 Å². The first kappa shape index (κ1) is 15.9. The molecule has 1 aromatic rings. The second-order valence-corrected chi connectivity index (χ2v) is 7.17. The Morgan fingerprint density at radius 1 is 1.29 bits per heavy atom. The molecule has 21 heavy (non-hydrogen) atoms. The summed E-state index contributed by atoms with van der Waals surface area (Å²) in [5, 5.41) is 20.7. The van der Waals surface area contributed by atoms with Crippen LogP contribution in [0, 0.1) is 11.3 Å². The van der Waals surface area contributed by atoms with Gasteiger partial charge in [0.2, 0.25) is 0 Å². The average Bonchev–Trinajstić information content (AvgIpc) is 2.86. The molecule has 118 valence electrons. The standard InChI is InChI=1S/C15H26N4O2/c1-15(2,3)12-8-6-11(7-9-12)14-16-17-18-19(14)10-4-5-13(20)21/h11-12H,4-10H2,1-3H3,(H,20,21). The van der Waals surface area contributed by atoms with E-state index >= 15 is 0 Å². The highest BCUT2D eigenvalue weighted by Gasteiger charge is 2.32. The molecule has 0 amide bonds. The van der Waals surface area contributed by atoms with Crippen LogP contribution in [-0.2, 0) is 11.3 Å². The van der Waals surface area contributed by atoms with Gasteiger partial charge in [-0.2, -0.15) is 0 Å². The lowest BCUT2D eigenvalue weighted by molar-refractivity contribution is -0.137. The van der Waals surface area contributed by atoms with Crippen molar-refractivity contribution < 1.29 is 9.90 Å². The van der Waals surface area contributed by atoms with Gasteiger partial charge in [0.25, 0.3) is 0 Å². The highest BCUT2D eigenvalue weighted by molar-refractivity contribution is 5.66. The molecule has 0 atom stereocenters. The van der Waals surface area contributed by atoms with Crippen LogP contribution in [0.4, 0.5) is 0 Å². The fourth-order valence-corrected chi connectivity index (χ4v) is 3.26. The van der Waals surface area contributed by atoms with E-state index in [2.05, 4.69) is 36.3 Å². The largest absolute Gasteiger partial charge is 0.481 e. The van der Waals surface area contributed by atoms with E-state index in [1.807, 2.05) is 0 Å². The van der Waals surface area contributed by atoms with Crippen molar-refractivity contribution in [1.29, 1.82) is 0 Å². The van der Waals surface area contributed by atoms with Crippen LogP contribution in [0.25, 0.3) is 0 Å². The van der Waals surface area contributed by atoms with E-state index < -0.39 is 5.97 Å². The number of tetrazole rings is 1. The molecule has 1 saturated carbocycles. The van der Waals surface area contributed by atoms with E-state index in [0.29, 0.717) is 24.3 Å². The number of aromatic nitrogens is 4. The molecule has 0 aromatic carbocycles. The number of nitrogens with zero attached hydrogens (tertiary/aromatic N) is 4. The van der Waals surface area contributed by atoms with Crippen LogP contribution in [0.1, 0.15) is 71.0 Å². The Labute approximate surface area is 125 Å². The van der Waals surface area contributed by atoms with Crippen molar-refractivity contribution in [2.45, 2.75) is 71.8 Å². The Hall–Kier alpha value is -1.46. The van der Waals surface area contributed by atoms with Crippen LogP contribution < -0.4 is 0 Å². The predicted octanol–water partition coefficient (Wildman–Crippen LogP) is 2.86. The molecule has 0 saturated heterocycles. The predicted molar refractivity (Wildman–Crippen MR) is 78.8 cm³/mol. The molecular weight excluding hydrogens is 268 g/mol. The minimum Gasteiger partial charge on any atom is -0.481 e. The molecule has 1 aliphatic carbocycles. The van der Waals surface area contributed by atoms with E-state index in [4.69, 9.17) is 5.11 Å². The maximum absolute atomic E-state index is 10.6. The van der Waals surface area contributed by atoms with E-state index in [0.717, 1.165) is 24.6 Å². The van der Waals surface area contributed by atoms with E-state index in [1.54, 1.807) is 4.68 Å². The number of aliphatic carboxylic acids is 1. The molecule has 0 radical (unpaired) electrons. The third-order valence-electron chi connectivity index (χ3n) is 4.64. The number of carboxylic acid groups (broad SMARTS) is 1. The highest BCUT2D eigenvalue weighted by Crippen LogP contribution is 2.42. The summed E-state index contributed by atoms with van der Waals surface area (Å²) < 4.78 is 1.80. The molecule has 1 fully saturated rings. The van der Waals surface area contributed by atoms with Gasteiger partial charge >= 0.3 is 5.97 Å². The fraction of sp³-hybridized carbons (Fsp3) is 0.867. The molecule has 0 bridgehead atoms. The first-order chi connectivity index (χ1) is 9.88. The summed E-state index contributed by atoms with van der Waals surface area (Å²) in [6, 6.07) is 0. The molecule has 1 heterocycles. The molecule has 1 N–H and O–H groups in total. The maximum Gasteiger partial charge on any atom is 0.303 e. The van der Waals surface area contributed by atoms with Crippen molar-refractivity contribution in [1.82, 2.24) is 20.2 Å². The van der Waals surface area contributed by atoms with Gasteiger partial charge in [-0.15, -0.1) is 5.10 Å². The third-order valence-corrected chi connectivity index (χ3v) is 4.64. The number of carboxylic acids is 1. The zero-order valence-electron chi connectivity index (χ0n) is 13.2. The minimum absolute atomic E-state index is 0.163. The quantitative estimate of drug-likeness (QED) is 0.903. The maximum atomic E-state index is 10.6. The number of carbonyl (C=O) groups is 1. The smallest absolute Gasteiger partial charge is 0.303 e. The molecule has 1 aliphatic rings. The average molecular weight is 294 g/mol. The second-order valence-electron chi connectivity index (χ2n) is 7.17. The Kier molecular flexibility index (Phi) is 4.96. The molecule has 6 heteroatoms. The van der Waals surface area contributed by atoms with Crippen LogP contribution in [-0.4, -0.2) is 31.3 Å². The van der Waals surface area contributed by atoms with Crippen molar-refractivity contribution in [2.24, 2.45) is 11.3 Å². The van der Waals surface area contributed by atoms with Gasteiger partial charge in [-0.05, 0) is 53.9 Å². The normalized spacial score (nSPS) is 23.2. The van der Waals surface area contributed by atoms with Gasteiger partial charge in [-0.1, -0.05) is 20.8 Å². The Morgan fingerprint density at radius 2 is 1.95 bits per heavy atom. The van der Waals surface area contributed by atoms with Crippen LogP contribution in [0.5, 0.6) is 0 Å². The van der Waals surface area contributed by atoms with Crippen LogP contribution in [0.3, 0.4) is 0 Å². The lowest BCUT2D eigenvalue weighted by Crippen LogP contribution is -2.26. The molecule has 0 unspecified atom stereocenters. The highest BCUT2D eigenvalue weighted by atomic mass is 16.4. The fourth-order valence-electron chi connectivity index (χ4n) is 3.26. The van der Waals surface area contributed by atoms with Crippen molar-refractivity contribution in [2.75, 3.05) is 0 Å². The van der Waals surface area contributed by atoms with Gasteiger partial charge < -0.3 is 5.11 Å². The number of hydrogen-bond acceptors (Lipinski definition) is 4. The van der Waals surface area contributed by atoms with E-state index in [1.165, 1.54) is 12.8 Å². The van der Waals surface area contributed by atoms with Crippen molar-refractivity contribution in [3.05, 3.63) is 5.82 Å². The van der Waals surface area contributed by atoms with Crippen LogP contribution in [0.15, 0.2) is 0 Å². The first-order valence-electron chi connectivity index (χ1n) is 7.86. The summed E-state index contributed by atoms with van der Waals surface area (Å²) in [7, 11) is 0. The molecule has 6 nitrogen and oxygen atoms in total. The number of rotatable bonds is 5. The summed E-state index contributed by atoms with van der Waals surface area (Å²) in [6.45, 7) is 7.53. The molecular formula is C15H26N4O2. The summed E-state index contributed by atoms with van der Waals surface area (Å²) in [5.41, 5.74) is 0.373. The monoisotopic (exact) mass is 294 g/mol. The van der Waals surface area contributed by atoms with Gasteiger partial charge in [0.05, 0.1) is 0 Å². The topological polar surface area (TPSA) is 80.9 Å². The number of hydrogen-bond donors (Lipinski definition) is 1. The molecule has 1 aromatic heterocycles. The van der Waals surface area contributed by atoms with Crippen LogP contribution in [0.2, 0.25) is 0 Å². The molecule has 0 spiro atoms. The summed E-state index contributed by atoms with van der Waals surface area (Å²) in [6.07, 6.45) is 5.43. The lowest BCUT2D eigenvalue weighted by Gasteiger charge is -2.36. The van der Waals surface area contributed by atoms with E-state index in [-0.39, 0.29) is 6.42 Å². The van der Waals surface area contributed by atoms with Gasteiger partial charge in [0, 0.05) is 18.9 Å². The van der Waals surface area contributed by atoms with Crippen molar-refractivity contribution in [3.63, 3.8) is 0 Å².